The highest BCUT2D eigenvalue weighted by Gasteiger charge is 2.14. The third kappa shape index (κ3) is 7.23. The second kappa shape index (κ2) is 10.8. The number of thioether (sulfide) groups is 2. The highest BCUT2D eigenvalue weighted by Crippen LogP contribution is 2.29. The molecule has 3 heteroatoms. The maximum Gasteiger partial charge on any atom is 0.0972 e. The highest BCUT2D eigenvalue weighted by atomic mass is 32.2. The van der Waals surface area contributed by atoms with Crippen LogP contribution in [0.25, 0.3) is 0 Å². The molecule has 0 saturated heterocycles. The molecule has 0 aliphatic heterocycles. The monoisotopic (exact) mass is 395 g/mol. The van der Waals surface area contributed by atoms with E-state index in [4.69, 9.17) is 4.99 Å². The summed E-state index contributed by atoms with van der Waals surface area (Å²) in [5.41, 5.74) is 3.61. The van der Waals surface area contributed by atoms with Gasteiger partial charge in [0, 0.05) is 10.6 Å². The van der Waals surface area contributed by atoms with Crippen molar-refractivity contribution in [1.29, 1.82) is 0 Å². The third-order valence-corrected chi connectivity index (χ3v) is 6.88. The Morgan fingerprint density at radius 3 is 2.22 bits per heavy atom. The van der Waals surface area contributed by atoms with Crippen molar-refractivity contribution in [3.8, 4) is 0 Å². The molecule has 0 amide bonds. The van der Waals surface area contributed by atoms with Crippen molar-refractivity contribution >= 4 is 34.3 Å². The Morgan fingerprint density at radius 2 is 1.56 bits per heavy atom. The Bertz CT molecular complexity index is 754. The molecular weight excluding hydrogens is 366 g/mol. The van der Waals surface area contributed by atoms with Crippen molar-refractivity contribution in [2.75, 3.05) is 5.75 Å². The van der Waals surface area contributed by atoms with Crippen molar-refractivity contribution in [3.63, 3.8) is 0 Å². The maximum atomic E-state index is 4.91. The van der Waals surface area contributed by atoms with Gasteiger partial charge in [-0.2, -0.15) is 0 Å². The molecule has 3 rings (SSSR count). The first-order valence-electron chi connectivity index (χ1n) is 9.87. The normalized spacial score (nSPS) is 16.1. The van der Waals surface area contributed by atoms with E-state index in [1.165, 1.54) is 53.9 Å². The quantitative estimate of drug-likeness (QED) is 0.279. The minimum Gasteiger partial charge on any atom is -0.242 e. The highest BCUT2D eigenvalue weighted by molar-refractivity contribution is 8.14. The van der Waals surface area contributed by atoms with Crippen molar-refractivity contribution in [1.82, 2.24) is 0 Å². The molecule has 1 fully saturated rings. The van der Waals surface area contributed by atoms with Gasteiger partial charge < -0.3 is 0 Å². The second-order valence-electron chi connectivity index (χ2n) is 7.33. The molecule has 0 bridgehead atoms. The summed E-state index contributed by atoms with van der Waals surface area (Å²) in [5, 5.41) is 3.29. The lowest BCUT2D eigenvalue weighted by molar-refractivity contribution is 0.391. The molecule has 2 aromatic rings. The number of nitrogens with zero attached hydrogens (tertiary/aromatic N) is 1. The van der Waals surface area contributed by atoms with Gasteiger partial charge >= 0.3 is 0 Å². The van der Waals surface area contributed by atoms with Crippen LogP contribution in [0.15, 0.2) is 69.9 Å². The molecule has 1 saturated carbocycles. The van der Waals surface area contributed by atoms with Crippen molar-refractivity contribution < 1.29 is 0 Å². The molecule has 1 nitrogen and oxygen atoms in total. The van der Waals surface area contributed by atoms with Crippen molar-refractivity contribution in [3.05, 3.63) is 71.1 Å². The van der Waals surface area contributed by atoms with Crippen LogP contribution in [0.1, 0.15) is 43.2 Å². The zero-order chi connectivity index (χ0) is 18.9. The number of aryl methyl sites for hydroxylation is 2. The van der Waals surface area contributed by atoms with Crippen LogP contribution in [0.2, 0.25) is 0 Å². The lowest BCUT2D eigenvalue weighted by Gasteiger charge is -2.20. The van der Waals surface area contributed by atoms with Crippen LogP contribution in [-0.4, -0.2) is 10.8 Å². The molecule has 0 atom stereocenters. The molecular formula is C24H29NS2. The van der Waals surface area contributed by atoms with E-state index in [1.807, 2.05) is 11.8 Å². The smallest absolute Gasteiger partial charge is 0.0972 e. The molecule has 142 valence electrons. The van der Waals surface area contributed by atoms with Gasteiger partial charge in [0.15, 0.2) is 0 Å². The fourth-order valence-corrected chi connectivity index (χ4v) is 5.02. The number of aliphatic imine (C=N–C) groups is 1. The second-order valence-corrected chi connectivity index (χ2v) is 9.35. The molecule has 1 aliphatic rings. The summed E-state index contributed by atoms with van der Waals surface area (Å²) in [7, 11) is 0. The molecule has 0 N–H and O–H groups in total. The Morgan fingerprint density at radius 1 is 0.926 bits per heavy atom. The number of rotatable bonds is 6. The summed E-state index contributed by atoms with van der Waals surface area (Å²) in [6.07, 6.45) is 9.15. The summed E-state index contributed by atoms with van der Waals surface area (Å²) in [6, 6.07) is 17.2. The van der Waals surface area contributed by atoms with Crippen molar-refractivity contribution in [2.24, 2.45) is 10.9 Å². The fraction of sp³-hybridized carbons (Fsp3) is 0.375. The zero-order valence-electron chi connectivity index (χ0n) is 16.4. The summed E-state index contributed by atoms with van der Waals surface area (Å²) in [5.74, 6) is 2.04. The Balaban J connectivity index is 1.66. The minimum absolute atomic E-state index is 0.852. The predicted molar refractivity (Wildman–Crippen MR) is 123 cm³/mol. The molecule has 0 heterocycles. The van der Waals surface area contributed by atoms with Crippen LogP contribution in [0.3, 0.4) is 0 Å². The van der Waals surface area contributed by atoms with E-state index in [-0.39, 0.29) is 0 Å². The van der Waals surface area contributed by atoms with Gasteiger partial charge in [-0.25, -0.2) is 4.99 Å². The zero-order valence-corrected chi connectivity index (χ0v) is 18.0. The summed E-state index contributed by atoms with van der Waals surface area (Å²) in [6.45, 7) is 4.24. The first-order valence-corrected chi connectivity index (χ1v) is 11.7. The van der Waals surface area contributed by atoms with Gasteiger partial charge in [-0.3, -0.25) is 0 Å². The summed E-state index contributed by atoms with van der Waals surface area (Å²) < 4.78 is 0. The maximum absolute atomic E-state index is 4.91. The number of hydrogen-bond acceptors (Lipinski definition) is 3. The van der Waals surface area contributed by atoms with Gasteiger partial charge in [-0.1, -0.05) is 66.4 Å². The van der Waals surface area contributed by atoms with E-state index in [9.17, 15) is 0 Å². The van der Waals surface area contributed by atoms with Gasteiger partial charge in [-0.15, -0.1) is 11.8 Å². The van der Waals surface area contributed by atoms with Crippen LogP contribution in [0, 0.1) is 19.8 Å². The average Bonchev–Trinajstić information content (AvgIpc) is 2.70. The molecule has 2 aromatic carbocycles. The van der Waals surface area contributed by atoms with Crippen LogP contribution in [0.4, 0.5) is 5.69 Å². The summed E-state index contributed by atoms with van der Waals surface area (Å²) >= 11 is 3.67. The first-order chi connectivity index (χ1) is 13.2. The Hall–Kier alpha value is -1.45. The van der Waals surface area contributed by atoms with Gasteiger partial charge in [-0.05, 0) is 68.4 Å². The van der Waals surface area contributed by atoms with E-state index in [1.54, 1.807) is 11.8 Å². The topological polar surface area (TPSA) is 12.4 Å². The lowest BCUT2D eigenvalue weighted by Crippen LogP contribution is -2.09. The molecule has 0 unspecified atom stereocenters. The first kappa shape index (κ1) is 20.3. The van der Waals surface area contributed by atoms with Crippen LogP contribution in [0.5, 0.6) is 0 Å². The van der Waals surface area contributed by atoms with Gasteiger partial charge in [0.2, 0.25) is 0 Å². The van der Waals surface area contributed by atoms with E-state index < -0.39 is 0 Å². The van der Waals surface area contributed by atoms with Crippen molar-refractivity contribution in [2.45, 2.75) is 50.8 Å². The standard InChI is InChI=1S/C24H29NS2/c1-19-8-12-22(13-9-19)25-24(27-18-21-6-4-3-5-7-21)16-17-26-23-14-10-20(2)11-15-23/h8-17,21H,3-7,18H2,1-2H3. The number of hydrogen-bond donors (Lipinski definition) is 0. The Labute approximate surface area is 172 Å². The minimum atomic E-state index is 0.852. The van der Waals surface area contributed by atoms with E-state index in [2.05, 4.69) is 73.9 Å². The van der Waals surface area contributed by atoms with Gasteiger partial charge in [0.05, 0.1) is 10.7 Å². The van der Waals surface area contributed by atoms with E-state index in [0.29, 0.717) is 0 Å². The fourth-order valence-electron chi connectivity index (χ4n) is 3.21. The average molecular weight is 396 g/mol. The molecule has 27 heavy (non-hydrogen) atoms. The Kier molecular flexibility index (Phi) is 8.10. The van der Waals surface area contributed by atoms with Crippen LogP contribution in [-0.2, 0) is 0 Å². The lowest BCUT2D eigenvalue weighted by atomic mass is 9.91. The van der Waals surface area contributed by atoms with Crippen LogP contribution < -0.4 is 0 Å². The van der Waals surface area contributed by atoms with E-state index >= 15 is 0 Å². The van der Waals surface area contributed by atoms with Gasteiger partial charge in [0.1, 0.15) is 0 Å². The SMILES string of the molecule is Cc1ccc(N=C(C=CSc2ccc(C)cc2)SCC2CCCCC2)cc1. The molecule has 1 aliphatic carbocycles. The molecule has 0 aromatic heterocycles. The number of benzene rings is 2. The summed E-state index contributed by atoms with van der Waals surface area (Å²) in [4.78, 5) is 6.18. The molecule has 0 radical (unpaired) electrons. The van der Waals surface area contributed by atoms with Gasteiger partial charge in [0.25, 0.3) is 0 Å². The largest absolute Gasteiger partial charge is 0.242 e. The molecule has 0 spiro atoms. The third-order valence-electron chi connectivity index (χ3n) is 4.90. The van der Waals surface area contributed by atoms with E-state index in [0.717, 1.165) is 16.6 Å². The van der Waals surface area contributed by atoms with Crippen LogP contribution >= 0.6 is 23.5 Å². The predicted octanol–water partition coefficient (Wildman–Crippen LogP) is 7.95.